The van der Waals surface area contributed by atoms with Crippen LogP contribution >= 0.6 is 12.2 Å². The van der Waals surface area contributed by atoms with Gasteiger partial charge in [-0.1, -0.05) is 20.8 Å². The SMILES string of the molecule is CCN1C(=S)NC2c3cc(C(C)(C)C)cc(O)c3OC13CCCC23. The van der Waals surface area contributed by atoms with Crippen LogP contribution in [0, 0.1) is 5.92 Å². The number of ether oxygens (including phenoxy) is 1. The lowest BCUT2D eigenvalue weighted by atomic mass is 9.78. The maximum absolute atomic E-state index is 10.7. The molecule has 1 aromatic rings. The molecule has 1 saturated heterocycles. The van der Waals surface area contributed by atoms with Crippen LogP contribution in [0.1, 0.15) is 64.1 Å². The summed E-state index contributed by atoms with van der Waals surface area (Å²) in [5.41, 5.74) is 1.76. The number of hydrogen-bond acceptors (Lipinski definition) is 3. The quantitative estimate of drug-likeness (QED) is 0.757. The van der Waals surface area contributed by atoms with Crippen molar-refractivity contribution < 1.29 is 9.84 Å². The Kier molecular flexibility index (Phi) is 3.34. The van der Waals surface area contributed by atoms with E-state index >= 15 is 0 Å². The Bertz CT molecular complexity index is 712. The van der Waals surface area contributed by atoms with Gasteiger partial charge < -0.3 is 20.1 Å². The van der Waals surface area contributed by atoms with Crippen molar-refractivity contribution in [2.24, 2.45) is 5.92 Å². The summed E-state index contributed by atoms with van der Waals surface area (Å²) in [6.45, 7) is 9.41. The number of fused-ring (bicyclic) bond motifs is 2. The van der Waals surface area contributed by atoms with Crippen LogP contribution in [0.2, 0.25) is 0 Å². The van der Waals surface area contributed by atoms with Gasteiger partial charge in [0.05, 0.1) is 6.04 Å². The van der Waals surface area contributed by atoms with Crippen LogP contribution in [0.25, 0.3) is 0 Å². The summed E-state index contributed by atoms with van der Waals surface area (Å²) in [6.07, 6.45) is 3.21. The molecular formula is C19H26N2O2S. The summed E-state index contributed by atoms with van der Waals surface area (Å²) in [6, 6.07) is 4.17. The first-order valence-corrected chi connectivity index (χ1v) is 9.33. The number of nitrogens with one attached hydrogen (secondary N) is 1. The molecule has 3 aliphatic rings. The van der Waals surface area contributed by atoms with E-state index in [1.54, 1.807) is 0 Å². The van der Waals surface area contributed by atoms with Crippen molar-refractivity contribution in [3.63, 3.8) is 0 Å². The second-order valence-corrected chi connectivity index (χ2v) is 8.67. The van der Waals surface area contributed by atoms with E-state index in [4.69, 9.17) is 17.0 Å². The number of phenols is 1. The Balaban J connectivity index is 1.91. The van der Waals surface area contributed by atoms with Gasteiger partial charge in [0.15, 0.2) is 22.3 Å². The monoisotopic (exact) mass is 346 g/mol. The summed E-state index contributed by atoms with van der Waals surface area (Å²) in [7, 11) is 0. The zero-order valence-electron chi connectivity index (χ0n) is 14.8. The van der Waals surface area contributed by atoms with Crippen LogP contribution in [0.3, 0.4) is 0 Å². The smallest absolute Gasteiger partial charge is 0.190 e. The molecule has 3 atom stereocenters. The molecule has 5 heteroatoms. The molecule has 130 valence electrons. The topological polar surface area (TPSA) is 44.7 Å². The van der Waals surface area contributed by atoms with E-state index in [2.05, 4.69) is 44.0 Å². The molecular weight excluding hydrogens is 320 g/mol. The van der Waals surface area contributed by atoms with Crippen molar-refractivity contribution in [2.75, 3.05) is 6.54 Å². The molecule has 0 aromatic heterocycles. The highest BCUT2D eigenvalue weighted by molar-refractivity contribution is 7.80. The summed E-state index contributed by atoms with van der Waals surface area (Å²) in [5.74, 6) is 1.25. The Morgan fingerprint density at radius 3 is 2.83 bits per heavy atom. The second kappa shape index (κ2) is 5.01. The third kappa shape index (κ3) is 2.00. The van der Waals surface area contributed by atoms with Gasteiger partial charge in [0.1, 0.15) is 0 Å². The Labute approximate surface area is 149 Å². The molecule has 4 nitrogen and oxygen atoms in total. The molecule has 2 aliphatic heterocycles. The van der Waals surface area contributed by atoms with E-state index in [1.807, 2.05) is 6.07 Å². The molecule has 3 unspecified atom stereocenters. The lowest BCUT2D eigenvalue weighted by molar-refractivity contribution is -0.112. The van der Waals surface area contributed by atoms with Crippen molar-refractivity contribution in [1.29, 1.82) is 0 Å². The first-order valence-electron chi connectivity index (χ1n) is 8.92. The zero-order chi connectivity index (χ0) is 17.3. The standard InChI is InChI=1S/C19H26N2O2S/c1-5-21-17(24)20-15-12-9-11(18(2,3)4)10-14(22)16(12)23-19(21)8-6-7-13(15)19/h9-10,13,15,22H,5-8H2,1-4H3,(H,20,24). The summed E-state index contributed by atoms with van der Waals surface area (Å²) in [4.78, 5) is 2.18. The zero-order valence-corrected chi connectivity index (χ0v) is 15.7. The van der Waals surface area contributed by atoms with Gasteiger partial charge in [-0.25, -0.2) is 0 Å². The number of phenolic OH excluding ortho intramolecular Hbond substituents is 1. The molecule has 1 saturated carbocycles. The molecule has 1 aromatic carbocycles. The fourth-order valence-corrected chi connectivity index (χ4v) is 5.12. The normalized spacial score (nSPS) is 31.2. The molecule has 0 amide bonds. The third-order valence-electron chi connectivity index (χ3n) is 5.91. The van der Waals surface area contributed by atoms with Crippen molar-refractivity contribution >= 4 is 17.3 Å². The van der Waals surface area contributed by atoms with Gasteiger partial charge in [0.2, 0.25) is 0 Å². The highest BCUT2D eigenvalue weighted by atomic mass is 32.1. The van der Waals surface area contributed by atoms with Crippen LogP contribution < -0.4 is 10.1 Å². The van der Waals surface area contributed by atoms with E-state index in [9.17, 15) is 5.11 Å². The Hall–Kier alpha value is -1.49. The molecule has 4 rings (SSSR count). The first kappa shape index (κ1) is 16.0. The fourth-order valence-electron chi connectivity index (χ4n) is 4.71. The van der Waals surface area contributed by atoms with Gasteiger partial charge >= 0.3 is 0 Å². The first-order chi connectivity index (χ1) is 11.3. The number of aromatic hydroxyl groups is 1. The summed E-state index contributed by atoms with van der Waals surface area (Å²) in [5, 5.41) is 15.0. The van der Waals surface area contributed by atoms with E-state index in [0.717, 1.165) is 42.0 Å². The van der Waals surface area contributed by atoms with Gasteiger partial charge in [-0.2, -0.15) is 0 Å². The molecule has 2 heterocycles. The van der Waals surface area contributed by atoms with E-state index in [-0.39, 0.29) is 17.2 Å². The number of benzene rings is 1. The van der Waals surface area contributed by atoms with Gasteiger partial charge in [0.25, 0.3) is 0 Å². The molecule has 1 aliphatic carbocycles. The van der Waals surface area contributed by atoms with Gasteiger partial charge in [0, 0.05) is 24.4 Å². The van der Waals surface area contributed by atoms with Crippen molar-refractivity contribution in [1.82, 2.24) is 10.2 Å². The van der Waals surface area contributed by atoms with Crippen LogP contribution in [-0.4, -0.2) is 27.4 Å². The van der Waals surface area contributed by atoms with Gasteiger partial charge in [-0.15, -0.1) is 0 Å². The number of nitrogens with zero attached hydrogens (tertiary/aromatic N) is 1. The Morgan fingerprint density at radius 1 is 1.42 bits per heavy atom. The number of rotatable bonds is 1. The van der Waals surface area contributed by atoms with Crippen LogP contribution in [-0.2, 0) is 5.41 Å². The maximum atomic E-state index is 10.7. The fraction of sp³-hybridized carbons (Fsp3) is 0.632. The van der Waals surface area contributed by atoms with Gasteiger partial charge in [-0.05, 0) is 55.1 Å². The lowest BCUT2D eigenvalue weighted by Gasteiger charge is -2.56. The Morgan fingerprint density at radius 2 is 2.17 bits per heavy atom. The van der Waals surface area contributed by atoms with E-state index in [0.29, 0.717) is 11.7 Å². The molecule has 2 bridgehead atoms. The number of thiocarbonyl (C=S) groups is 1. The van der Waals surface area contributed by atoms with Crippen molar-refractivity contribution in [3.8, 4) is 11.5 Å². The minimum Gasteiger partial charge on any atom is -0.504 e. The molecule has 2 N–H and O–H groups in total. The molecule has 2 fully saturated rings. The largest absolute Gasteiger partial charge is 0.504 e. The average molecular weight is 346 g/mol. The van der Waals surface area contributed by atoms with Crippen molar-refractivity contribution in [2.45, 2.75) is 64.1 Å². The second-order valence-electron chi connectivity index (χ2n) is 8.28. The highest BCUT2D eigenvalue weighted by Gasteiger charge is 2.60. The van der Waals surface area contributed by atoms with Gasteiger partial charge in [-0.3, -0.25) is 0 Å². The third-order valence-corrected chi connectivity index (χ3v) is 6.25. The van der Waals surface area contributed by atoms with E-state index < -0.39 is 5.72 Å². The van der Waals surface area contributed by atoms with E-state index in [1.165, 1.54) is 0 Å². The molecule has 0 radical (unpaired) electrons. The van der Waals surface area contributed by atoms with Crippen LogP contribution in [0.5, 0.6) is 11.5 Å². The average Bonchev–Trinajstić information content (AvgIpc) is 2.92. The van der Waals surface area contributed by atoms with Crippen LogP contribution in [0.15, 0.2) is 12.1 Å². The predicted molar refractivity (Wildman–Crippen MR) is 98.4 cm³/mol. The summed E-state index contributed by atoms with van der Waals surface area (Å²) < 4.78 is 6.54. The minimum absolute atomic E-state index is 0.0264. The lowest BCUT2D eigenvalue weighted by Crippen LogP contribution is -2.68. The molecule has 24 heavy (non-hydrogen) atoms. The summed E-state index contributed by atoms with van der Waals surface area (Å²) >= 11 is 5.64. The highest BCUT2D eigenvalue weighted by Crippen LogP contribution is 2.57. The number of hydrogen-bond donors (Lipinski definition) is 2. The van der Waals surface area contributed by atoms with Crippen molar-refractivity contribution in [3.05, 3.63) is 23.3 Å². The minimum atomic E-state index is -0.393. The van der Waals surface area contributed by atoms with Crippen LogP contribution in [0.4, 0.5) is 0 Å². The maximum Gasteiger partial charge on any atom is 0.190 e. The molecule has 0 spiro atoms. The predicted octanol–water partition coefficient (Wildman–Crippen LogP) is 3.83.